The maximum atomic E-state index is 6.39. The van der Waals surface area contributed by atoms with Gasteiger partial charge in [0.15, 0.2) is 0 Å². The standard InChI is InChI=1S/C24H27ClN2O/c1-4-27(5-2)15-16-28-23-17-19(12-13-22(23)25)24-21(11-8-14-26-24)20-10-7-6-9-18(20)3/h6-14,17H,4-5,15-16H2,1-3H3. The number of rotatable bonds is 8. The minimum atomic E-state index is 0.609. The van der Waals surface area contributed by atoms with Gasteiger partial charge < -0.3 is 9.64 Å². The van der Waals surface area contributed by atoms with Crippen LogP contribution in [-0.2, 0) is 0 Å². The number of aromatic nitrogens is 1. The average Bonchev–Trinajstić information content (AvgIpc) is 2.73. The Morgan fingerprint density at radius 1 is 0.964 bits per heavy atom. The number of aryl methyl sites for hydroxylation is 1. The lowest BCUT2D eigenvalue weighted by molar-refractivity contribution is 0.223. The SMILES string of the molecule is CCN(CC)CCOc1cc(-c2ncccc2-c2ccccc2C)ccc1Cl. The summed E-state index contributed by atoms with van der Waals surface area (Å²) in [6.45, 7) is 9.96. The third-order valence-electron chi connectivity index (χ3n) is 5.01. The summed E-state index contributed by atoms with van der Waals surface area (Å²) in [6.07, 6.45) is 1.83. The molecule has 0 N–H and O–H groups in total. The van der Waals surface area contributed by atoms with E-state index in [1.807, 2.05) is 30.5 Å². The highest BCUT2D eigenvalue weighted by molar-refractivity contribution is 6.32. The summed E-state index contributed by atoms with van der Waals surface area (Å²) in [6, 6.07) is 18.3. The Hall–Kier alpha value is -2.36. The van der Waals surface area contributed by atoms with E-state index in [2.05, 4.69) is 61.0 Å². The number of pyridine rings is 1. The Balaban J connectivity index is 1.90. The quantitative estimate of drug-likeness (QED) is 0.461. The average molecular weight is 395 g/mol. The van der Waals surface area contributed by atoms with Gasteiger partial charge >= 0.3 is 0 Å². The molecule has 0 unspecified atom stereocenters. The Bertz CT molecular complexity index is 922. The van der Waals surface area contributed by atoms with Gasteiger partial charge in [-0.2, -0.15) is 0 Å². The van der Waals surface area contributed by atoms with Crippen LogP contribution in [-0.4, -0.2) is 36.1 Å². The maximum absolute atomic E-state index is 6.39. The zero-order valence-corrected chi connectivity index (χ0v) is 17.5. The van der Waals surface area contributed by atoms with Gasteiger partial charge in [0.05, 0.1) is 10.7 Å². The maximum Gasteiger partial charge on any atom is 0.138 e. The minimum absolute atomic E-state index is 0.609. The molecule has 0 saturated heterocycles. The second-order valence-corrected chi connectivity index (χ2v) is 7.14. The van der Waals surface area contributed by atoms with Gasteiger partial charge in [-0.05, 0) is 49.3 Å². The molecule has 3 nitrogen and oxygen atoms in total. The Morgan fingerprint density at radius 3 is 2.46 bits per heavy atom. The van der Waals surface area contributed by atoms with Crippen molar-refractivity contribution in [1.29, 1.82) is 0 Å². The molecule has 146 valence electrons. The van der Waals surface area contributed by atoms with Gasteiger partial charge in [-0.1, -0.05) is 61.8 Å². The lowest BCUT2D eigenvalue weighted by Crippen LogP contribution is -2.27. The second kappa shape index (κ2) is 9.72. The molecule has 0 aliphatic rings. The molecule has 0 aliphatic carbocycles. The highest BCUT2D eigenvalue weighted by Crippen LogP contribution is 2.35. The first-order chi connectivity index (χ1) is 13.6. The molecule has 2 aromatic carbocycles. The first-order valence-corrected chi connectivity index (χ1v) is 10.2. The lowest BCUT2D eigenvalue weighted by Gasteiger charge is -2.18. The van der Waals surface area contributed by atoms with E-state index < -0.39 is 0 Å². The predicted molar refractivity (Wildman–Crippen MR) is 118 cm³/mol. The van der Waals surface area contributed by atoms with Gasteiger partial charge in [0.1, 0.15) is 12.4 Å². The normalized spacial score (nSPS) is 11.0. The van der Waals surface area contributed by atoms with Crippen molar-refractivity contribution >= 4 is 11.6 Å². The summed E-state index contributed by atoms with van der Waals surface area (Å²) in [7, 11) is 0. The summed E-state index contributed by atoms with van der Waals surface area (Å²) < 4.78 is 6.00. The fraction of sp³-hybridized carbons (Fsp3) is 0.292. The van der Waals surface area contributed by atoms with Gasteiger partial charge in [-0.3, -0.25) is 4.98 Å². The van der Waals surface area contributed by atoms with Crippen LogP contribution in [0.2, 0.25) is 5.02 Å². The van der Waals surface area contributed by atoms with Gasteiger partial charge in [0, 0.05) is 23.9 Å². The van der Waals surface area contributed by atoms with E-state index in [9.17, 15) is 0 Å². The van der Waals surface area contributed by atoms with Crippen molar-refractivity contribution in [1.82, 2.24) is 9.88 Å². The molecule has 3 aromatic rings. The molecule has 0 atom stereocenters. The van der Waals surface area contributed by atoms with Gasteiger partial charge in [0.25, 0.3) is 0 Å². The molecule has 0 fully saturated rings. The molecule has 0 radical (unpaired) electrons. The van der Waals surface area contributed by atoms with E-state index in [0.29, 0.717) is 17.4 Å². The van der Waals surface area contributed by atoms with Crippen LogP contribution in [0.25, 0.3) is 22.4 Å². The van der Waals surface area contributed by atoms with Crippen LogP contribution in [0.1, 0.15) is 19.4 Å². The number of hydrogen-bond donors (Lipinski definition) is 0. The Morgan fingerprint density at radius 2 is 1.71 bits per heavy atom. The number of hydrogen-bond acceptors (Lipinski definition) is 3. The first kappa shape index (κ1) is 20.4. The molecule has 0 spiro atoms. The third-order valence-corrected chi connectivity index (χ3v) is 5.32. The molecule has 3 rings (SSSR count). The van der Waals surface area contributed by atoms with Crippen LogP contribution in [0, 0.1) is 6.92 Å². The first-order valence-electron chi connectivity index (χ1n) is 9.80. The topological polar surface area (TPSA) is 25.4 Å². The fourth-order valence-electron chi connectivity index (χ4n) is 3.31. The van der Waals surface area contributed by atoms with Crippen molar-refractivity contribution < 1.29 is 4.74 Å². The predicted octanol–water partition coefficient (Wildman–Crippen LogP) is 6.10. The van der Waals surface area contributed by atoms with Gasteiger partial charge in [-0.25, -0.2) is 0 Å². The molecule has 4 heteroatoms. The molecule has 0 saturated carbocycles. The highest BCUT2D eigenvalue weighted by Gasteiger charge is 2.13. The van der Waals surface area contributed by atoms with Crippen LogP contribution in [0.3, 0.4) is 0 Å². The molecular formula is C24H27ClN2O. The van der Waals surface area contributed by atoms with Crippen LogP contribution in [0.15, 0.2) is 60.8 Å². The summed E-state index contributed by atoms with van der Waals surface area (Å²) in [5.41, 5.74) is 5.45. The number of halogens is 1. The summed E-state index contributed by atoms with van der Waals surface area (Å²) >= 11 is 6.39. The van der Waals surface area contributed by atoms with Gasteiger partial charge in [0.2, 0.25) is 0 Å². The monoisotopic (exact) mass is 394 g/mol. The van der Waals surface area contributed by atoms with E-state index in [4.69, 9.17) is 16.3 Å². The van der Waals surface area contributed by atoms with Crippen LogP contribution < -0.4 is 4.74 Å². The van der Waals surface area contributed by atoms with Crippen molar-refractivity contribution in [2.45, 2.75) is 20.8 Å². The van der Waals surface area contributed by atoms with E-state index in [1.165, 1.54) is 11.1 Å². The van der Waals surface area contributed by atoms with Crippen molar-refractivity contribution in [2.24, 2.45) is 0 Å². The van der Waals surface area contributed by atoms with E-state index in [1.54, 1.807) is 0 Å². The Kier molecular flexibility index (Phi) is 7.07. The molecule has 1 heterocycles. The number of nitrogens with zero attached hydrogens (tertiary/aromatic N) is 2. The Labute approximate surface area is 172 Å². The lowest BCUT2D eigenvalue weighted by atomic mass is 9.96. The smallest absolute Gasteiger partial charge is 0.138 e. The highest BCUT2D eigenvalue weighted by atomic mass is 35.5. The van der Waals surface area contributed by atoms with E-state index >= 15 is 0 Å². The number of benzene rings is 2. The summed E-state index contributed by atoms with van der Waals surface area (Å²) in [5, 5.41) is 0.622. The zero-order chi connectivity index (χ0) is 19.9. The largest absolute Gasteiger partial charge is 0.491 e. The molecule has 28 heavy (non-hydrogen) atoms. The van der Waals surface area contributed by atoms with Crippen LogP contribution in [0.5, 0.6) is 5.75 Å². The van der Waals surface area contributed by atoms with Crippen molar-refractivity contribution in [3.05, 3.63) is 71.4 Å². The number of likely N-dealkylation sites (N-methyl/N-ethyl adjacent to an activating group) is 1. The summed E-state index contributed by atoms with van der Waals surface area (Å²) in [5.74, 6) is 0.702. The minimum Gasteiger partial charge on any atom is -0.491 e. The van der Waals surface area contributed by atoms with Crippen LogP contribution >= 0.6 is 11.6 Å². The van der Waals surface area contributed by atoms with Gasteiger partial charge in [-0.15, -0.1) is 0 Å². The zero-order valence-electron chi connectivity index (χ0n) is 16.8. The number of ether oxygens (including phenoxy) is 1. The third kappa shape index (κ3) is 4.73. The van der Waals surface area contributed by atoms with Crippen molar-refractivity contribution in [3.8, 4) is 28.1 Å². The molecule has 1 aromatic heterocycles. The molecule has 0 bridgehead atoms. The molecular weight excluding hydrogens is 368 g/mol. The van der Waals surface area contributed by atoms with E-state index in [-0.39, 0.29) is 0 Å². The molecule has 0 aliphatic heterocycles. The van der Waals surface area contributed by atoms with Crippen LogP contribution in [0.4, 0.5) is 0 Å². The molecule has 0 amide bonds. The van der Waals surface area contributed by atoms with Crippen molar-refractivity contribution in [3.63, 3.8) is 0 Å². The fourth-order valence-corrected chi connectivity index (χ4v) is 3.49. The summed E-state index contributed by atoms with van der Waals surface area (Å²) in [4.78, 5) is 6.99. The van der Waals surface area contributed by atoms with E-state index in [0.717, 1.165) is 36.5 Å². The second-order valence-electron chi connectivity index (χ2n) is 6.74. The van der Waals surface area contributed by atoms with Crippen molar-refractivity contribution in [2.75, 3.05) is 26.2 Å².